The van der Waals surface area contributed by atoms with Gasteiger partial charge in [0.15, 0.2) is 5.11 Å². The number of anilines is 1. The second-order valence-corrected chi connectivity index (χ2v) is 8.72. The number of aliphatic imine (C=N–C) groups is 1. The van der Waals surface area contributed by atoms with Crippen LogP contribution in [0.1, 0.15) is 37.4 Å². The number of benzene rings is 2. The minimum Gasteiger partial charge on any atom is -0.352 e. The van der Waals surface area contributed by atoms with Gasteiger partial charge in [-0.2, -0.15) is 13.2 Å². The molecule has 0 amide bonds. The quantitative estimate of drug-likeness (QED) is 0.343. The first-order chi connectivity index (χ1) is 16.3. The lowest BCUT2D eigenvalue weighted by molar-refractivity contribution is -0.137. The third kappa shape index (κ3) is 7.18. The van der Waals surface area contributed by atoms with Crippen molar-refractivity contribution in [2.24, 2.45) is 10.9 Å². The molecule has 0 aliphatic carbocycles. The number of thiocarbonyl (C=S) groups is 1. The summed E-state index contributed by atoms with van der Waals surface area (Å²) in [6.45, 7) is 5.35. The lowest BCUT2D eigenvalue weighted by atomic mass is 10.1. The molecular weight excluding hydrogens is 457 g/mol. The second-order valence-electron chi connectivity index (χ2n) is 8.34. The smallest absolute Gasteiger partial charge is 0.352 e. The van der Waals surface area contributed by atoms with Crippen molar-refractivity contribution in [1.82, 2.24) is 10.2 Å². The molecule has 4 nitrogen and oxygen atoms in total. The zero-order chi connectivity index (χ0) is 24.6. The highest BCUT2D eigenvalue weighted by Gasteiger charge is 2.33. The summed E-state index contributed by atoms with van der Waals surface area (Å²) in [5.74, 6) is 1.19. The largest absolute Gasteiger partial charge is 0.416 e. The minimum atomic E-state index is -4.43. The molecule has 8 heteroatoms. The normalized spacial score (nSPS) is 16.5. The van der Waals surface area contributed by atoms with Crippen LogP contribution in [0.3, 0.4) is 0 Å². The molecule has 0 saturated heterocycles. The third-order valence-corrected chi connectivity index (χ3v) is 5.47. The Hall–Kier alpha value is -3.13. The monoisotopic (exact) mass is 486 g/mol. The maximum Gasteiger partial charge on any atom is 0.416 e. The molecule has 0 aromatic heterocycles. The van der Waals surface area contributed by atoms with Crippen molar-refractivity contribution < 1.29 is 13.2 Å². The Morgan fingerprint density at radius 1 is 1.12 bits per heavy atom. The van der Waals surface area contributed by atoms with Gasteiger partial charge in [-0.05, 0) is 48.3 Å². The van der Waals surface area contributed by atoms with Gasteiger partial charge in [0, 0.05) is 12.2 Å². The summed E-state index contributed by atoms with van der Waals surface area (Å²) in [6, 6.07) is 14.6. The molecule has 0 saturated carbocycles. The zero-order valence-corrected chi connectivity index (χ0v) is 20.0. The number of alkyl halides is 3. The lowest BCUT2D eigenvalue weighted by Gasteiger charge is -2.29. The van der Waals surface area contributed by atoms with E-state index in [2.05, 4.69) is 35.5 Å². The highest BCUT2D eigenvalue weighted by atomic mass is 32.1. The van der Waals surface area contributed by atoms with Gasteiger partial charge in [-0.1, -0.05) is 74.5 Å². The highest BCUT2D eigenvalue weighted by Crippen LogP contribution is 2.31. The van der Waals surface area contributed by atoms with Crippen LogP contribution in [0.4, 0.5) is 18.9 Å². The van der Waals surface area contributed by atoms with Gasteiger partial charge in [0.05, 0.1) is 18.2 Å². The minimum absolute atomic E-state index is 0.163. The van der Waals surface area contributed by atoms with Crippen LogP contribution in [0.2, 0.25) is 0 Å². The molecule has 0 spiro atoms. The predicted octanol–water partition coefficient (Wildman–Crippen LogP) is 6.56. The van der Waals surface area contributed by atoms with Crippen LogP contribution >= 0.6 is 12.2 Å². The van der Waals surface area contributed by atoms with E-state index in [4.69, 9.17) is 12.2 Å². The summed E-state index contributed by atoms with van der Waals surface area (Å²) in [7, 11) is 0. The summed E-state index contributed by atoms with van der Waals surface area (Å²) in [5.41, 5.74) is 0.556. The second kappa shape index (κ2) is 11.8. The fourth-order valence-corrected chi connectivity index (χ4v) is 3.80. The SMILES string of the molecule is CC(C)C/C=C/C=C/CNC1=NCC(c2ccccc2)N1C(=S)Nc1cccc(C(F)(F)F)c1. The Kier molecular flexibility index (Phi) is 8.87. The number of guanidine groups is 1. The summed E-state index contributed by atoms with van der Waals surface area (Å²) in [6.07, 6.45) is 4.69. The number of allylic oxidation sites excluding steroid dienone is 3. The molecule has 2 aromatic carbocycles. The Morgan fingerprint density at radius 2 is 1.85 bits per heavy atom. The molecule has 1 aliphatic heterocycles. The molecule has 0 bridgehead atoms. The van der Waals surface area contributed by atoms with Crippen LogP contribution in [0.15, 0.2) is 83.9 Å². The molecule has 2 N–H and O–H groups in total. The van der Waals surface area contributed by atoms with Gasteiger partial charge in [0.2, 0.25) is 5.96 Å². The van der Waals surface area contributed by atoms with Gasteiger partial charge >= 0.3 is 6.18 Å². The number of hydrogen-bond donors (Lipinski definition) is 2. The van der Waals surface area contributed by atoms with Crippen LogP contribution in [0.25, 0.3) is 0 Å². The first-order valence-electron chi connectivity index (χ1n) is 11.2. The summed E-state index contributed by atoms with van der Waals surface area (Å²) in [4.78, 5) is 6.45. The van der Waals surface area contributed by atoms with Crippen molar-refractivity contribution in [3.8, 4) is 0 Å². The molecule has 34 heavy (non-hydrogen) atoms. The third-order valence-electron chi connectivity index (χ3n) is 5.17. The van der Waals surface area contributed by atoms with Crippen molar-refractivity contribution in [3.05, 3.63) is 90.0 Å². The van der Waals surface area contributed by atoms with Gasteiger partial charge in [0.1, 0.15) is 0 Å². The number of halogens is 3. The molecule has 0 fully saturated rings. The van der Waals surface area contributed by atoms with Crippen molar-refractivity contribution in [2.45, 2.75) is 32.5 Å². The zero-order valence-electron chi connectivity index (χ0n) is 19.2. The topological polar surface area (TPSA) is 39.7 Å². The predicted molar refractivity (Wildman–Crippen MR) is 137 cm³/mol. The Bertz CT molecular complexity index is 1050. The summed E-state index contributed by atoms with van der Waals surface area (Å²) >= 11 is 5.63. The molecule has 1 atom stereocenters. The Labute approximate surface area is 204 Å². The standard InChI is InChI=1S/C26H29F3N4S/c1-19(2)11-6-3-4-9-16-30-24-31-18-23(20-12-7-5-8-13-20)33(24)25(34)32-22-15-10-14-21(17-22)26(27,28)29/h3-10,12-15,17,19,23H,11,16,18H2,1-2H3,(H,30,31)(H,32,34)/b6-3+,9-4+. The van der Waals surface area contributed by atoms with E-state index in [9.17, 15) is 13.2 Å². The Morgan fingerprint density at radius 3 is 2.56 bits per heavy atom. The van der Waals surface area contributed by atoms with Crippen LogP contribution in [-0.4, -0.2) is 29.1 Å². The van der Waals surface area contributed by atoms with Crippen LogP contribution in [0, 0.1) is 5.92 Å². The highest BCUT2D eigenvalue weighted by molar-refractivity contribution is 7.80. The van der Waals surface area contributed by atoms with E-state index in [0.717, 1.165) is 24.1 Å². The molecular formula is C26H29F3N4S. The fourth-order valence-electron chi connectivity index (χ4n) is 3.47. The first kappa shape index (κ1) is 25.5. The van der Waals surface area contributed by atoms with Crippen LogP contribution in [-0.2, 0) is 6.18 Å². The fraction of sp³-hybridized carbons (Fsp3) is 0.308. The van der Waals surface area contributed by atoms with Gasteiger partial charge < -0.3 is 10.6 Å². The van der Waals surface area contributed by atoms with Crippen LogP contribution in [0.5, 0.6) is 0 Å². The molecule has 1 unspecified atom stereocenters. The number of rotatable bonds is 7. The molecule has 2 aromatic rings. The molecule has 180 valence electrons. The number of hydrogen-bond acceptors (Lipinski definition) is 3. The van der Waals surface area contributed by atoms with E-state index in [0.29, 0.717) is 25.0 Å². The van der Waals surface area contributed by atoms with Crippen molar-refractivity contribution in [1.29, 1.82) is 0 Å². The Balaban J connectivity index is 1.73. The summed E-state index contributed by atoms with van der Waals surface area (Å²) in [5, 5.41) is 6.52. The van der Waals surface area contributed by atoms with E-state index in [1.165, 1.54) is 6.07 Å². The molecule has 3 rings (SSSR count). The average Bonchev–Trinajstić information content (AvgIpc) is 3.22. The van der Waals surface area contributed by atoms with Gasteiger partial charge in [-0.3, -0.25) is 9.89 Å². The van der Waals surface area contributed by atoms with Crippen molar-refractivity contribution in [2.75, 3.05) is 18.4 Å². The van der Waals surface area contributed by atoms with Gasteiger partial charge in [-0.15, -0.1) is 0 Å². The maximum absolute atomic E-state index is 13.1. The first-order valence-corrected chi connectivity index (χ1v) is 11.6. The van der Waals surface area contributed by atoms with E-state index < -0.39 is 11.7 Å². The number of nitrogens with one attached hydrogen (secondary N) is 2. The molecule has 1 aliphatic rings. The van der Waals surface area contributed by atoms with E-state index in [-0.39, 0.29) is 16.8 Å². The van der Waals surface area contributed by atoms with Crippen molar-refractivity contribution >= 4 is 29.0 Å². The van der Waals surface area contributed by atoms with Crippen molar-refractivity contribution in [3.63, 3.8) is 0 Å². The van der Waals surface area contributed by atoms with E-state index in [1.807, 2.05) is 53.5 Å². The molecule has 1 heterocycles. The number of nitrogens with zero attached hydrogens (tertiary/aromatic N) is 2. The average molecular weight is 487 g/mol. The maximum atomic E-state index is 13.1. The van der Waals surface area contributed by atoms with Gasteiger partial charge in [-0.25, -0.2) is 0 Å². The van der Waals surface area contributed by atoms with Crippen LogP contribution < -0.4 is 10.6 Å². The summed E-state index contributed by atoms with van der Waals surface area (Å²) < 4.78 is 39.4. The van der Waals surface area contributed by atoms with Gasteiger partial charge in [0.25, 0.3) is 0 Å². The molecule has 0 radical (unpaired) electrons. The van der Waals surface area contributed by atoms with E-state index >= 15 is 0 Å². The van der Waals surface area contributed by atoms with E-state index in [1.54, 1.807) is 6.07 Å². The lowest BCUT2D eigenvalue weighted by Crippen LogP contribution is -2.45.